The Morgan fingerprint density at radius 2 is 1.85 bits per heavy atom. The first-order chi connectivity index (χ1) is 16.1. The van der Waals surface area contributed by atoms with Gasteiger partial charge in [-0.3, -0.25) is 4.31 Å². The molecular formula is C23H21FN2O7S. The standard InChI is InChI=1S/C23H21FN2O7S/c1-4-10-26(34(3,29)30)17-13-18-16(12-19(17)31-11-5-2)20(22(27)33-23(25)28)21(32-18)14-6-8-15(24)9-7-14/h4-9,12-13H,1-2,10-11H2,3H3,(H2,25,28). The molecule has 1 amide bonds. The largest absolute Gasteiger partial charge is 0.487 e. The van der Waals surface area contributed by atoms with Crippen LogP contribution in [0.2, 0.25) is 0 Å². The lowest BCUT2D eigenvalue weighted by atomic mass is 10.0. The number of carbonyl (C=O) groups excluding carboxylic acids is 2. The van der Waals surface area contributed by atoms with Gasteiger partial charge < -0.3 is 19.6 Å². The summed E-state index contributed by atoms with van der Waals surface area (Å²) in [7, 11) is -3.77. The number of ether oxygens (including phenoxy) is 2. The molecule has 2 aromatic carbocycles. The van der Waals surface area contributed by atoms with Gasteiger partial charge in [0.15, 0.2) is 0 Å². The highest BCUT2D eigenvalue weighted by Crippen LogP contribution is 2.41. The average Bonchev–Trinajstić information content (AvgIpc) is 3.13. The van der Waals surface area contributed by atoms with Crippen LogP contribution in [0.5, 0.6) is 5.75 Å². The molecule has 0 aliphatic rings. The Hall–Kier alpha value is -4.12. The van der Waals surface area contributed by atoms with Crippen molar-refractivity contribution in [3.63, 3.8) is 0 Å². The quantitative estimate of drug-likeness (QED) is 0.274. The molecule has 0 atom stereocenters. The second kappa shape index (κ2) is 9.79. The molecule has 0 spiro atoms. The molecular weight excluding hydrogens is 467 g/mol. The van der Waals surface area contributed by atoms with Crippen LogP contribution in [0, 0.1) is 5.82 Å². The third-order valence-electron chi connectivity index (χ3n) is 4.59. The fourth-order valence-corrected chi connectivity index (χ4v) is 4.13. The van der Waals surface area contributed by atoms with Gasteiger partial charge in [-0.15, -0.1) is 6.58 Å². The van der Waals surface area contributed by atoms with Crippen LogP contribution >= 0.6 is 0 Å². The van der Waals surface area contributed by atoms with Gasteiger partial charge in [0.2, 0.25) is 10.0 Å². The van der Waals surface area contributed by atoms with Crippen LogP contribution in [0.3, 0.4) is 0 Å². The van der Waals surface area contributed by atoms with E-state index in [0.29, 0.717) is 5.56 Å². The summed E-state index contributed by atoms with van der Waals surface area (Å²) in [6.07, 6.45) is 2.52. The maximum absolute atomic E-state index is 13.5. The van der Waals surface area contributed by atoms with Gasteiger partial charge in [-0.25, -0.2) is 22.4 Å². The summed E-state index contributed by atoms with van der Waals surface area (Å²) in [4.78, 5) is 24.0. The van der Waals surface area contributed by atoms with E-state index in [2.05, 4.69) is 17.9 Å². The Morgan fingerprint density at radius 1 is 1.18 bits per heavy atom. The first-order valence-electron chi connectivity index (χ1n) is 9.77. The zero-order valence-corrected chi connectivity index (χ0v) is 18.9. The lowest BCUT2D eigenvalue weighted by molar-refractivity contribution is 0.0640. The predicted molar refractivity (Wildman–Crippen MR) is 125 cm³/mol. The average molecular weight is 488 g/mol. The molecule has 0 aliphatic carbocycles. The van der Waals surface area contributed by atoms with Gasteiger partial charge in [0.1, 0.15) is 35.1 Å². The molecule has 0 saturated carbocycles. The fourth-order valence-electron chi connectivity index (χ4n) is 3.25. The van der Waals surface area contributed by atoms with E-state index in [-0.39, 0.29) is 46.9 Å². The molecule has 34 heavy (non-hydrogen) atoms. The van der Waals surface area contributed by atoms with Gasteiger partial charge in [0.25, 0.3) is 0 Å². The third-order valence-corrected chi connectivity index (χ3v) is 5.74. The van der Waals surface area contributed by atoms with Gasteiger partial charge in [0.05, 0.1) is 18.5 Å². The number of benzene rings is 2. The van der Waals surface area contributed by atoms with Crippen LogP contribution in [0.4, 0.5) is 14.9 Å². The van der Waals surface area contributed by atoms with Gasteiger partial charge in [-0.1, -0.05) is 18.7 Å². The number of hydrogen-bond donors (Lipinski definition) is 1. The molecule has 9 nitrogen and oxygen atoms in total. The molecule has 178 valence electrons. The van der Waals surface area contributed by atoms with Crippen LogP contribution < -0.4 is 14.8 Å². The number of nitrogens with zero attached hydrogens (tertiary/aromatic N) is 1. The number of rotatable bonds is 9. The van der Waals surface area contributed by atoms with Crippen molar-refractivity contribution in [2.45, 2.75) is 0 Å². The lowest BCUT2D eigenvalue weighted by Crippen LogP contribution is -2.30. The molecule has 0 radical (unpaired) electrons. The first-order valence-corrected chi connectivity index (χ1v) is 11.6. The van der Waals surface area contributed by atoms with E-state index in [9.17, 15) is 22.4 Å². The predicted octanol–water partition coefficient (Wildman–Crippen LogP) is 3.99. The number of carbonyl (C=O) groups is 2. The van der Waals surface area contributed by atoms with Crippen molar-refractivity contribution in [3.05, 3.63) is 73.1 Å². The number of sulfonamides is 1. The lowest BCUT2D eigenvalue weighted by Gasteiger charge is -2.23. The van der Waals surface area contributed by atoms with E-state index in [1.165, 1.54) is 36.4 Å². The Bertz CT molecular complexity index is 1380. The minimum atomic E-state index is -3.77. The van der Waals surface area contributed by atoms with Gasteiger partial charge >= 0.3 is 12.1 Å². The van der Waals surface area contributed by atoms with Crippen molar-refractivity contribution in [2.24, 2.45) is 5.73 Å². The topological polar surface area (TPSA) is 129 Å². The molecule has 0 fully saturated rings. The molecule has 1 heterocycles. The highest BCUT2D eigenvalue weighted by molar-refractivity contribution is 7.92. The summed E-state index contributed by atoms with van der Waals surface area (Å²) in [6, 6.07) is 7.79. The Kier molecular flexibility index (Phi) is 7.06. The number of furan rings is 1. The number of hydrogen-bond acceptors (Lipinski definition) is 7. The summed E-state index contributed by atoms with van der Waals surface area (Å²) in [5, 5.41) is 0.153. The van der Waals surface area contributed by atoms with Gasteiger partial charge in [0, 0.05) is 17.0 Å². The highest BCUT2D eigenvalue weighted by atomic mass is 32.2. The van der Waals surface area contributed by atoms with E-state index < -0.39 is 27.9 Å². The molecule has 1 aromatic heterocycles. The number of fused-ring (bicyclic) bond motifs is 1. The van der Waals surface area contributed by atoms with E-state index in [1.54, 1.807) is 0 Å². The van der Waals surface area contributed by atoms with E-state index >= 15 is 0 Å². The maximum atomic E-state index is 13.5. The number of nitrogens with two attached hydrogens (primary N) is 1. The molecule has 2 N–H and O–H groups in total. The number of amides is 1. The first kappa shape index (κ1) is 24.5. The van der Waals surface area contributed by atoms with Gasteiger partial charge in [-0.05, 0) is 30.3 Å². The van der Waals surface area contributed by atoms with Crippen molar-refractivity contribution >= 4 is 38.7 Å². The van der Waals surface area contributed by atoms with Crippen molar-refractivity contribution in [1.82, 2.24) is 0 Å². The third kappa shape index (κ3) is 5.09. The smallest absolute Gasteiger partial charge is 0.412 e. The minimum Gasteiger partial charge on any atom is -0.487 e. The van der Waals surface area contributed by atoms with Crippen LogP contribution in [-0.4, -0.2) is 39.9 Å². The number of halogens is 1. The second-order valence-corrected chi connectivity index (χ2v) is 8.93. The number of anilines is 1. The maximum Gasteiger partial charge on any atom is 0.412 e. The minimum absolute atomic E-state index is 0.0218. The highest BCUT2D eigenvalue weighted by Gasteiger charge is 2.28. The molecule has 3 aromatic rings. The van der Waals surface area contributed by atoms with Gasteiger partial charge in [-0.2, -0.15) is 0 Å². The summed E-state index contributed by atoms with van der Waals surface area (Å²) >= 11 is 0. The number of primary amides is 1. The Labute approximate surface area is 194 Å². The molecule has 3 rings (SSSR count). The van der Waals surface area contributed by atoms with E-state index in [0.717, 1.165) is 22.7 Å². The molecule has 0 aliphatic heterocycles. The normalized spacial score (nSPS) is 11.1. The zero-order valence-electron chi connectivity index (χ0n) is 18.1. The van der Waals surface area contributed by atoms with Crippen molar-refractivity contribution in [2.75, 3.05) is 23.7 Å². The Balaban J connectivity index is 2.36. The monoisotopic (exact) mass is 488 g/mol. The summed E-state index contributed by atoms with van der Waals surface area (Å²) in [5.41, 5.74) is 5.33. The number of esters is 1. The zero-order chi connectivity index (χ0) is 25.0. The van der Waals surface area contributed by atoms with E-state index in [4.69, 9.17) is 14.9 Å². The summed E-state index contributed by atoms with van der Waals surface area (Å²) in [6.45, 7) is 7.12. The van der Waals surface area contributed by atoms with Crippen LogP contribution in [-0.2, 0) is 14.8 Å². The van der Waals surface area contributed by atoms with Crippen LogP contribution in [0.1, 0.15) is 10.4 Å². The van der Waals surface area contributed by atoms with Crippen molar-refractivity contribution in [3.8, 4) is 17.1 Å². The second-order valence-electron chi connectivity index (χ2n) is 7.02. The molecule has 0 saturated heterocycles. The van der Waals surface area contributed by atoms with E-state index in [1.807, 2.05) is 0 Å². The van der Waals surface area contributed by atoms with Crippen molar-refractivity contribution < 1.29 is 36.3 Å². The van der Waals surface area contributed by atoms with Crippen LogP contribution in [0.25, 0.3) is 22.3 Å². The van der Waals surface area contributed by atoms with Crippen molar-refractivity contribution in [1.29, 1.82) is 0 Å². The molecule has 11 heteroatoms. The molecule has 0 unspecified atom stereocenters. The summed E-state index contributed by atoms with van der Waals surface area (Å²) < 4.78 is 55.5. The summed E-state index contributed by atoms with van der Waals surface area (Å²) in [5.74, 6) is -1.59. The SMILES string of the molecule is C=CCOc1cc2c(C(=O)OC(N)=O)c(-c3ccc(F)cc3)oc2cc1N(CC=C)S(C)(=O)=O. The van der Waals surface area contributed by atoms with Crippen LogP contribution in [0.15, 0.2) is 66.1 Å². The Morgan fingerprint density at radius 3 is 2.41 bits per heavy atom. The molecule has 0 bridgehead atoms. The fraction of sp³-hybridized carbons (Fsp3) is 0.130.